The first-order chi connectivity index (χ1) is 16.1. The molecule has 3 N–H and O–H groups in total. The third kappa shape index (κ3) is 5.53. The van der Waals surface area contributed by atoms with Crippen LogP contribution in [0.3, 0.4) is 0 Å². The van der Waals surface area contributed by atoms with Gasteiger partial charge in [0, 0.05) is 48.0 Å². The van der Waals surface area contributed by atoms with Crippen LogP contribution in [0.4, 0.5) is 11.6 Å². The van der Waals surface area contributed by atoms with E-state index in [1.54, 1.807) is 22.6 Å². The van der Waals surface area contributed by atoms with Crippen molar-refractivity contribution in [2.75, 3.05) is 37.0 Å². The normalized spacial score (nSPS) is 16.1. The van der Waals surface area contributed by atoms with Gasteiger partial charge in [-0.3, -0.25) is 9.63 Å². The van der Waals surface area contributed by atoms with Gasteiger partial charge in [-0.1, -0.05) is 0 Å². The van der Waals surface area contributed by atoms with Crippen LogP contribution < -0.4 is 25.5 Å². The van der Waals surface area contributed by atoms with Crippen molar-refractivity contribution in [1.29, 1.82) is 0 Å². The predicted molar refractivity (Wildman–Crippen MR) is 127 cm³/mol. The van der Waals surface area contributed by atoms with E-state index in [2.05, 4.69) is 31.2 Å². The lowest BCUT2D eigenvalue weighted by Gasteiger charge is -2.37. The first-order valence-electron chi connectivity index (χ1n) is 11.0. The van der Waals surface area contributed by atoms with Crippen LogP contribution in [0.1, 0.15) is 31.2 Å². The number of nitrogens with two attached hydrogens (primary N) is 1. The Morgan fingerprint density at radius 3 is 3.12 bits per heavy atom. The van der Waals surface area contributed by atoms with Gasteiger partial charge in [0.25, 0.3) is 0 Å². The maximum atomic E-state index is 11.4. The second kappa shape index (κ2) is 10.8. The van der Waals surface area contributed by atoms with E-state index >= 15 is 0 Å². The molecule has 0 aliphatic carbocycles. The highest BCUT2D eigenvalue weighted by atomic mass is 79.9. The number of fused-ring (bicyclic) bond motifs is 1. The van der Waals surface area contributed by atoms with Crippen LogP contribution in [0, 0.1) is 0 Å². The Kier molecular flexibility index (Phi) is 7.61. The van der Waals surface area contributed by atoms with Crippen molar-refractivity contribution >= 4 is 39.2 Å². The number of pyridine rings is 1. The number of hydrogen-bond donors (Lipinski definition) is 2. The lowest BCUT2D eigenvalue weighted by Crippen LogP contribution is -2.41. The van der Waals surface area contributed by atoms with Crippen LogP contribution in [0.2, 0.25) is 0 Å². The van der Waals surface area contributed by atoms with Gasteiger partial charge < -0.3 is 20.7 Å². The Morgan fingerprint density at radius 2 is 2.30 bits per heavy atom. The predicted octanol–water partition coefficient (Wildman–Crippen LogP) is 1.70. The Balaban J connectivity index is 1.57. The number of ether oxygens (including phenoxy) is 1. The summed E-state index contributed by atoms with van der Waals surface area (Å²) in [6.45, 7) is 1.76. The number of esters is 1. The number of hydrogen-bond acceptors (Lipinski definition) is 8. The number of nitrogens with one attached hydrogen (secondary N) is 1. The minimum Gasteiger partial charge on any atom is -0.465 e. The number of carbonyl (C=O) groups excluding carboxylic acids is 1. The largest absolute Gasteiger partial charge is 0.465 e. The van der Waals surface area contributed by atoms with E-state index in [0.29, 0.717) is 13.2 Å². The molecular formula is C22H29BrN7O3+. The lowest BCUT2D eigenvalue weighted by molar-refractivity contribution is -0.885. The van der Waals surface area contributed by atoms with Gasteiger partial charge in [0.05, 0.1) is 23.8 Å². The van der Waals surface area contributed by atoms with Crippen molar-refractivity contribution in [2.45, 2.75) is 38.3 Å². The minimum atomic E-state index is -0.373. The molecule has 1 aliphatic rings. The number of carbonyl (C=O) groups is 1. The highest BCUT2D eigenvalue weighted by Crippen LogP contribution is 2.30. The summed E-state index contributed by atoms with van der Waals surface area (Å²) >= 11 is 3.57. The third-order valence-electron chi connectivity index (χ3n) is 5.74. The topological polar surface area (TPSA) is 111 Å². The van der Waals surface area contributed by atoms with Crippen LogP contribution in [0.5, 0.6) is 0 Å². The first-order valence-corrected chi connectivity index (χ1v) is 11.8. The van der Waals surface area contributed by atoms with Gasteiger partial charge in [-0.15, -0.1) is 0 Å². The lowest BCUT2D eigenvalue weighted by atomic mass is 9.99. The Labute approximate surface area is 200 Å². The SMILES string of the molecule is CO[n+]1cccc(CNc2cc(N3CCCC[C@H]3CCOC(=O)CN)nc3c(Br)cnn23)c1. The van der Waals surface area contributed by atoms with E-state index in [4.69, 9.17) is 20.3 Å². The average molecular weight is 519 g/mol. The summed E-state index contributed by atoms with van der Waals surface area (Å²) in [4.78, 5) is 23.9. The second-order valence-corrected chi connectivity index (χ2v) is 8.75. The van der Waals surface area contributed by atoms with Gasteiger partial charge in [0.2, 0.25) is 12.4 Å². The highest BCUT2D eigenvalue weighted by molar-refractivity contribution is 9.10. The van der Waals surface area contributed by atoms with Gasteiger partial charge in [-0.05, 0) is 41.3 Å². The fourth-order valence-electron chi connectivity index (χ4n) is 4.08. The van der Waals surface area contributed by atoms with Gasteiger partial charge in [-0.25, -0.2) is 4.98 Å². The molecule has 33 heavy (non-hydrogen) atoms. The molecule has 1 aliphatic heterocycles. The molecule has 10 nitrogen and oxygen atoms in total. The summed E-state index contributed by atoms with van der Waals surface area (Å²) in [6, 6.07) is 6.24. The first kappa shape index (κ1) is 23.2. The standard InChI is InChI=1S/C22H29BrN7O3/c1-32-28-8-4-5-16(15-28)13-25-19-11-20(27-22-18(23)14-26-30(19)22)29-9-3-2-6-17(29)7-10-33-21(31)12-24/h4-5,8,11,14-15,17,25H,2-3,6-7,9-10,12-13,24H2,1H3/q+1/t17-/m0/s1. The molecule has 1 saturated heterocycles. The minimum absolute atomic E-state index is 0.0946. The van der Waals surface area contributed by atoms with E-state index in [-0.39, 0.29) is 18.6 Å². The average Bonchev–Trinajstić information content (AvgIpc) is 3.23. The Bertz CT molecular complexity index is 1110. The maximum Gasteiger partial charge on any atom is 0.319 e. The molecule has 0 amide bonds. The molecule has 1 atom stereocenters. The monoisotopic (exact) mass is 518 g/mol. The van der Waals surface area contributed by atoms with E-state index in [1.807, 2.05) is 30.6 Å². The molecule has 0 saturated carbocycles. The zero-order chi connectivity index (χ0) is 23.2. The number of halogens is 1. The summed E-state index contributed by atoms with van der Waals surface area (Å²) < 4.78 is 9.51. The maximum absolute atomic E-state index is 11.4. The van der Waals surface area contributed by atoms with Crippen LogP contribution in [0.15, 0.2) is 41.3 Å². The van der Waals surface area contributed by atoms with Gasteiger partial charge in [0.15, 0.2) is 5.65 Å². The Morgan fingerprint density at radius 1 is 1.42 bits per heavy atom. The fraction of sp³-hybridized carbons (Fsp3) is 0.455. The quantitative estimate of drug-likeness (QED) is 0.325. The molecule has 3 aromatic heterocycles. The number of piperidine rings is 1. The van der Waals surface area contributed by atoms with Crippen LogP contribution in [0.25, 0.3) is 5.65 Å². The van der Waals surface area contributed by atoms with Crippen molar-refractivity contribution in [2.24, 2.45) is 5.73 Å². The van der Waals surface area contributed by atoms with Crippen molar-refractivity contribution in [3.8, 4) is 0 Å². The smallest absolute Gasteiger partial charge is 0.319 e. The van der Waals surface area contributed by atoms with Crippen LogP contribution in [-0.2, 0) is 16.1 Å². The summed E-state index contributed by atoms with van der Waals surface area (Å²) in [5.74, 6) is 1.34. The van der Waals surface area contributed by atoms with Crippen LogP contribution >= 0.6 is 15.9 Å². The van der Waals surface area contributed by atoms with Gasteiger partial charge in [0.1, 0.15) is 18.7 Å². The zero-order valence-corrected chi connectivity index (χ0v) is 20.2. The van der Waals surface area contributed by atoms with Crippen molar-refractivity contribution in [3.63, 3.8) is 0 Å². The zero-order valence-electron chi connectivity index (χ0n) is 18.6. The molecule has 0 aromatic carbocycles. The Hall–Kier alpha value is -2.92. The fourth-order valence-corrected chi connectivity index (χ4v) is 4.43. The molecule has 4 heterocycles. The van der Waals surface area contributed by atoms with E-state index in [1.165, 1.54) is 0 Å². The van der Waals surface area contributed by atoms with E-state index in [9.17, 15) is 4.79 Å². The van der Waals surface area contributed by atoms with Crippen molar-refractivity contribution < 1.29 is 19.1 Å². The van der Waals surface area contributed by atoms with E-state index < -0.39 is 0 Å². The molecule has 4 rings (SSSR count). The molecule has 0 unspecified atom stereocenters. The van der Waals surface area contributed by atoms with Gasteiger partial charge in [-0.2, -0.15) is 9.61 Å². The molecule has 0 spiro atoms. The number of anilines is 2. The molecule has 0 radical (unpaired) electrons. The molecule has 11 heteroatoms. The molecule has 1 fully saturated rings. The van der Waals surface area contributed by atoms with Gasteiger partial charge >= 0.3 is 5.97 Å². The van der Waals surface area contributed by atoms with Crippen LogP contribution in [-0.4, -0.2) is 53.4 Å². The number of aromatic nitrogens is 4. The molecule has 3 aromatic rings. The highest BCUT2D eigenvalue weighted by Gasteiger charge is 2.25. The number of nitrogens with zero attached hydrogens (tertiary/aromatic N) is 5. The third-order valence-corrected chi connectivity index (χ3v) is 6.30. The summed E-state index contributed by atoms with van der Waals surface area (Å²) in [5.41, 5.74) is 7.16. The van der Waals surface area contributed by atoms with E-state index in [0.717, 1.165) is 59.5 Å². The summed E-state index contributed by atoms with van der Waals surface area (Å²) in [5, 5.41) is 7.96. The molecule has 0 bridgehead atoms. The van der Waals surface area contributed by atoms with Crippen molar-refractivity contribution in [3.05, 3.63) is 46.8 Å². The second-order valence-electron chi connectivity index (χ2n) is 7.89. The molecule has 176 valence electrons. The van der Waals surface area contributed by atoms with Crippen molar-refractivity contribution in [1.82, 2.24) is 14.6 Å². The molecular weight excluding hydrogens is 490 g/mol. The number of rotatable bonds is 9. The summed E-state index contributed by atoms with van der Waals surface area (Å²) in [7, 11) is 1.63. The summed E-state index contributed by atoms with van der Waals surface area (Å²) in [6.07, 6.45) is 9.52.